The summed E-state index contributed by atoms with van der Waals surface area (Å²) < 4.78 is 1.16. The third kappa shape index (κ3) is 3.88. The van der Waals surface area contributed by atoms with Crippen molar-refractivity contribution >= 4 is 40.3 Å². The van der Waals surface area contributed by atoms with E-state index in [0.29, 0.717) is 0 Å². The van der Waals surface area contributed by atoms with Gasteiger partial charge in [-0.15, -0.1) is 0 Å². The van der Waals surface area contributed by atoms with Crippen molar-refractivity contribution in [3.8, 4) is 0 Å². The first kappa shape index (κ1) is 15.8. The van der Waals surface area contributed by atoms with Crippen LogP contribution < -0.4 is 5.32 Å². The predicted molar refractivity (Wildman–Crippen MR) is 88.3 cm³/mol. The molecule has 0 aliphatic rings. The number of thioether (sulfide) groups is 1. The van der Waals surface area contributed by atoms with Gasteiger partial charge in [0.1, 0.15) is 0 Å². The monoisotopic (exact) mass is 377 g/mol. The summed E-state index contributed by atoms with van der Waals surface area (Å²) in [4.78, 5) is 12.1. The molecule has 1 N–H and O–H groups in total. The largest absolute Gasteiger partial charge is 0.351 e. The van der Waals surface area contributed by atoms with E-state index in [1.54, 1.807) is 0 Å². The van der Waals surface area contributed by atoms with E-state index in [1.807, 2.05) is 36.0 Å². The molecule has 4 heteroatoms. The second-order valence-electron chi connectivity index (χ2n) is 4.26. The van der Waals surface area contributed by atoms with Crippen LogP contribution in [0.1, 0.15) is 37.0 Å². The van der Waals surface area contributed by atoms with Crippen molar-refractivity contribution in [2.24, 2.45) is 0 Å². The number of carbonyl (C=O) groups is 1. The van der Waals surface area contributed by atoms with Crippen LogP contribution in [0.3, 0.4) is 0 Å². The Morgan fingerprint density at radius 2 is 1.94 bits per heavy atom. The fourth-order valence-electron chi connectivity index (χ4n) is 1.84. The zero-order valence-electron chi connectivity index (χ0n) is 11.1. The van der Waals surface area contributed by atoms with Crippen LogP contribution in [0, 0.1) is 3.57 Å². The smallest absolute Gasteiger partial charge is 0.252 e. The van der Waals surface area contributed by atoms with E-state index in [0.717, 1.165) is 28.5 Å². The first-order chi connectivity index (χ1) is 8.58. The molecular weight excluding hydrogens is 357 g/mol. The average molecular weight is 377 g/mol. The van der Waals surface area contributed by atoms with Crippen LogP contribution >= 0.6 is 34.4 Å². The van der Waals surface area contributed by atoms with Gasteiger partial charge in [0.2, 0.25) is 0 Å². The van der Waals surface area contributed by atoms with Crippen LogP contribution in [-0.4, -0.2) is 23.5 Å². The molecule has 0 aliphatic carbocycles. The van der Waals surface area contributed by atoms with E-state index < -0.39 is 0 Å². The zero-order chi connectivity index (χ0) is 13.6. The number of hydrogen-bond donors (Lipinski definition) is 1. The lowest BCUT2D eigenvalue weighted by molar-refractivity contribution is 0.0948. The topological polar surface area (TPSA) is 29.1 Å². The average Bonchev–Trinajstić information content (AvgIpc) is 2.41. The number of amides is 1. The molecule has 0 fully saturated rings. The van der Waals surface area contributed by atoms with Crippen LogP contribution in [0.15, 0.2) is 24.3 Å². The molecule has 0 aromatic heterocycles. The van der Waals surface area contributed by atoms with Gasteiger partial charge in [0.15, 0.2) is 0 Å². The Kier molecular flexibility index (Phi) is 6.49. The molecular formula is C14H20INOS. The highest BCUT2D eigenvalue weighted by atomic mass is 127. The molecule has 0 radical (unpaired) electrons. The van der Waals surface area contributed by atoms with Gasteiger partial charge in [-0.05, 0) is 53.8 Å². The second kappa shape index (κ2) is 7.38. The maximum absolute atomic E-state index is 12.1. The van der Waals surface area contributed by atoms with Crippen LogP contribution in [0.2, 0.25) is 0 Å². The third-order valence-electron chi connectivity index (χ3n) is 3.41. The highest BCUT2D eigenvalue weighted by Crippen LogP contribution is 2.29. The summed E-state index contributed by atoms with van der Waals surface area (Å²) in [5, 5.41) is 3.07. The Labute approximate surface area is 127 Å². The normalized spacial score (nSPS) is 11.3. The van der Waals surface area contributed by atoms with Crippen molar-refractivity contribution in [1.29, 1.82) is 0 Å². The van der Waals surface area contributed by atoms with Gasteiger partial charge >= 0.3 is 0 Å². The minimum atomic E-state index is 0.0281. The van der Waals surface area contributed by atoms with E-state index >= 15 is 0 Å². The van der Waals surface area contributed by atoms with Crippen LogP contribution in [0.4, 0.5) is 0 Å². The molecule has 1 amide bonds. The molecule has 0 saturated heterocycles. The fraction of sp³-hybridized carbons (Fsp3) is 0.500. The summed E-state index contributed by atoms with van der Waals surface area (Å²) in [6, 6.07) is 7.67. The van der Waals surface area contributed by atoms with E-state index in [2.05, 4.69) is 48.0 Å². The molecule has 0 aliphatic heterocycles. The molecule has 1 aromatic carbocycles. The van der Waals surface area contributed by atoms with Crippen molar-refractivity contribution in [3.05, 3.63) is 33.4 Å². The van der Waals surface area contributed by atoms with Crippen molar-refractivity contribution in [3.63, 3.8) is 0 Å². The summed E-state index contributed by atoms with van der Waals surface area (Å²) in [7, 11) is 0. The molecule has 0 atom stereocenters. The molecule has 0 spiro atoms. The van der Waals surface area contributed by atoms with E-state index in [1.165, 1.54) is 0 Å². The van der Waals surface area contributed by atoms with Gasteiger partial charge < -0.3 is 5.32 Å². The number of halogens is 1. The van der Waals surface area contributed by atoms with Gasteiger partial charge in [0, 0.05) is 14.9 Å². The summed E-state index contributed by atoms with van der Waals surface area (Å²) in [6.45, 7) is 5.09. The Morgan fingerprint density at radius 1 is 1.33 bits per heavy atom. The Morgan fingerprint density at radius 3 is 2.44 bits per heavy atom. The Bertz CT molecular complexity index is 396. The van der Waals surface area contributed by atoms with Crippen molar-refractivity contribution in [2.75, 3.05) is 12.8 Å². The minimum absolute atomic E-state index is 0.0281. The van der Waals surface area contributed by atoms with Gasteiger partial charge in [-0.1, -0.05) is 26.0 Å². The third-order valence-corrected chi connectivity index (χ3v) is 5.94. The van der Waals surface area contributed by atoms with E-state index in [-0.39, 0.29) is 10.7 Å². The van der Waals surface area contributed by atoms with Crippen LogP contribution in [0.25, 0.3) is 0 Å². The molecule has 1 rings (SSSR count). The lowest BCUT2D eigenvalue weighted by Crippen LogP contribution is -2.39. The summed E-state index contributed by atoms with van der Waals surface area (Å²) in [5.41, 5.74) is 0.764. The Hall–Kier alpha value is -0.230. The predicted octanol–water partition coefficient (Wildman–Crippen LogP) is 3.94. The number of benzene rings is 1. The summed E-state index contributed by atoms with van der Waals surface area (Å²) in [6.07, 6.45) is 4.25. The minimum Gasteiger partial charge on any atom is -0.351 e. The Balaban J connectivity index is 2.69. The number of rotatable bonds is 6. The first-order valence-electron chi connectivity index (χ1n) is 6.16. The van der Waals surface area contributed by atoms with Crippen molar-refractivity contribution in [1.82, 2.24) is 5.32 Å². The highest BCUT2D eigenvalue weighted by Gasteiger charge is 2.25. The standard InChI is InChI=1S/C14H20INOS/c1-4-14(5-2,18-3)10-16-13(17)11-8-6-7-9-12(11)15/h6-9H,4-5,10H2,1-3H3,(H,16,17). The van der Waals surface area contributed by atoms with E-state index in [9.17, 15) is 4.79 Å². The highest BCUT2D eigenvalue weighted by molar-refractivity contribution is 14.1. The molecule has 0 saturated carbocycles. The molecule has 0 bridgehead atoms. The quantitative estimate of drug-likeness (QED) is 0.761. The molecule has 100 valence electrons. The zero-order valence-corrected chi connectivity index (χ0v) is 14.1. The molecule has 0 heterocycles. The fourth-order valence-corrected chi connectivity index (χ4v) is 3.27. The summed E-state index contributed by atoms with van der Waals surface area (Å²) in [5.74, 6) is 0.0281. The SMILES string of the molecule is CCC(CC)(CNC(=O)c1ccccc1I)SC. The maximum atomic E-state index is 12.1. The van der Waals surface area contributed by atoms with Crippen LogP contribution in [0.5, 0.6) is 0 Å². The lowest BCUT2D eigenvalue weighted by Gasteiger charge is -2.29. The summed E-state index contributed by atoms with van der Waals surface area (Å²) >= 11 is 4.04. The first-order valence-corrected chi connectivity index (χ1v) is 8.46. The maximum Gasteiger partial charge on any atom is 0.252 e. The molecule has 1 aromatic rings. The van der Waals surface area contributed by atoms with Gasteiger partial charge in [-0.2, -0.15) is 11.8 Å². The van der Waals surface area contributed by atoms with Crippen LogP contribution in [-0.2, 0) is 0 Å². The lowest BCUT2D eigenvalue weighted by atomic mass is 10.0. The van der Waals surface area contributed by atoms with Gasteiger partial charge in [0.05, 0.1) is 5.56 Å². The van der Waals surface area contributed by atoms with Gasteiger partial charge in [-0.25, -0.2) is 0 Å². The van der Waals surface area contributed by atoms with Gasteiger partial charge in [0.25, 0.3) is 5.91 Å². The molecule has 18 heavy (non-hydrogen) atoms. The number of carbonyl (C=O) groups excluding carboxylic acids is 1. The number of hydrogen-bond acceptors (Lipinski definition) is 2. The molecule has 2 nitrogen and oxygen atoms in total. The van der Waals surface area contributed by atoms with Crippen molar-refractivity contribution in [2.45, 2.75) is 31.4 Å². The molecule has 0 unspecified atom stereocenters. The number of nitrogens with one attached hydrogen (secondary N) is 1. The van der Waals surface area contributed by atoms with Gasteiger partial charge in [-0.3, -0.25) is 4.79 Å². The van der Waals surface area contributed by atoms with Crippen molar-refractivity contribution < 1.29 is 4.79 Å². The second-order valence-corrected chi connectivity index (χ2v) is 6.69. The van der Waals surface area contributed by atoms with E-state index in [4.69, 9.17) is 0 Å².